The standard InChI is InChI=1S/C19H13Cl2N7O6S2/c20-17-22-18(21)24-19(23-17)28-26-14-8-12(35(29,30)31)6-10-7-16(36(32,33)34)15(9-13(10)14)27-25-11-4-2-1-3-5-11/h1-9,25,27H,(H,29,30,31)(H,32,33,34). The Kier molecular flexibility index (Phi) is 7.03. The monoisotopic (exact) mass is 569 g/mol. The van der Waals surface area contributed by atoms with Gasteiger partial charge < -0.3 is 5.43 Å². The van der Waals surface area contributed by atoms with Gasteiger partial charge in [-0.1, -0.05) is 18.2 Å². The zero-order valence-corrected chi connectivity index (χ0v) is 20.7. The Balaban J connectivity index is 1.91. The predicted octanol–water partition coefficient (Wildman–Crippen LogP) is 4.68. The highest BCUT2D eigenvalue weighted by Gasteiger charge is 2.21. The maximum Gasteiger partial charge on any atom is 0.296 e. The topological polar surface area (TPSA) is 196 Å². The first-order valence-corrected chi connectivity index (χ1v) is 13.2. The van der Waals surface area contributed by atoms with E-state index in [1.165, 1.54) is 6.07 Å². The van der Waals surface area contributed by atoms with E-state index in [1.807, 2.05) is 0 Å². The number of nitrogens with one attached hydrogen (secondary N) is 2. The summed E-state index contributed by atoms with van der Waals surface area (Å²) >= 11 is 11.4. The Morgan fingerprint density at radius 2 is 1.44 bits per heavy atom. The van der Waals surface area contributed by atoms with Crippen LogP contribution in [0.4, 0.5) is 23.0 Å². The number of hydrogen-bond acceptors (Lipinski definition) is 11. The Hall–Kier alpha value is -3.47. The lowest BCUT2D eigenvalue weighted by Crippen LogP contribution is -2.12. The number of benzene rings is 3. The van der Waals surface area contributed by atoms with E-state index in [4.69, 9.17) is 23.2 Å². The van der Waals surface area contributed by atoms with Crippen molar-refractivity contribution in [1.82, 2.24) is 15.0 Å². The van der Waals surface area contributed by atoms with Crippen molar-refractivity contribution in [2.45, 2.75) is 9.79 Å². The number of anilines is 2. The minimum absolute atomic E-state index is 0.0105. The van der Waals surface area contributed by atoms with Gasteiger partial charge >= 0.3 is 0 Å². The zero-order chi connectivity index (χ0) is 26.1. The van der Waals surface area contributed by atoms with Gasteiger partial charge in [0, 0.05) is 5.39 Å². The second-order valence-electron chi connectivity index (χ2n) is 6.95. The van der Waals surface area contributed by atoms with Crippen LogP contribution >= 0.6 is 23.2 Å². The second-order valence-corrected chi connectivity index (χ2v) is 10.4. The van der Waals surface area contributed by atoms with Crippen LogP contribution < -0.4 is 10.9 Å². The summed E-state index contributed by atoms with van der Waals surface area (Å²) in [5, 5.41) is 7.35. The molecule has 4 N–H and O–H groups in total. The molecule has 0 saturated carbocycles. The number of para-hydroxylation sites is 1. The molecule has 1 heterocycles. The molecule has 4 aromatic rings. The summed E-state index contributed by atoms with van der Waals surface area (Å²) in [6, 6.07) is 12.9. The highest BCUT2D eigenvalue weighted by molar-refractivity contribution is 7.86. The number of aromatic nitrogens is 3. The lowest BCUT2D eigenvalue weighted by molar-refractivity contribution is 0.481. The van der Waals surface area contributed by atoms with E-state index in [0.717, 1.165) is 18.2 Å². The molecule has 0 aliphatic heterocycles. The van der Waals surface area contributed by atoms with Gasteiger partial charge in [0.25, 0.3) is 26.2 Å². The fourth-order valence-electron chi connectivity index (χ4n) is 3.01. The molecular formula is C19H13Cl2N7O6S2. The van der Waals surface area contributed by atoms with E-state index in [9.17, 15) is 25.9 Å². The van der Waals surface area contributed by atoms with Crippen LogP contribution in [0.1, 0.15) is 0 Å². The number of fused-ring (bicyclic) bond motifs is 1. The molecule has 0 spiro atoms. The Morgan fingerprint density at radius 3 is 2.06 bits per heavy atom. The number of nitrogens with zero attached hydrogens (tertiary/aromatic N) is 5. The zero-order valence-electron chi connectivity index (χ0n) is 17.5. The van der Waals surface area contributed by atoms with Crippen LogP contribution in [0.3, 0.4) is 0 Å². The van der Waals surface area contributed by atoms with Crippen molar-refractivity contribution < 1.29 is 25.9 Å². The van der Waals surface area contributed by atoms with E-state index < -0.39 is 30.0 Å². The van der Waals surface area contributed by atoms with Crippen molar-refractivity contribution >= 4 is 77.2 Å². The van der Waals surface area contributed by atoms with Crippen molar-refractivity contribution in [2.24, 2.45) is 10.2 Å². The minimum atomic E-state index is -4.78. The lowest BCUT2D eigenvalue weighted by atomic mass is 10.1. The summed E-state index contributed by atoms with van der Waals surface area (Å²) in [5.74, 6) is -0.302. The molecule has 0 fully saturated rings. The maximum absolute atomic E-state index is 12.1. The first-order valence-electron chi connectivity index (χ1n) is 9.53. The van der Waals surface area contributed by atoms with Crippen LogP contribution in [-0.4, -0.2) is 40.9 Å². The normalized spacial score (nSPS) is 12.2. The molecule has 0 atom stereocenters. The van der Waals surface area contributed by atoms with Crippen LogP contribution in [0, 0.1) is 0 Å². The van der Waals surface area contributed by atoms with Crippen LogP contribution in [0.2, 0.25) is 10.6 Å². The van der Waals surface area contributed by atoms with Crippen molar-refractivity contribution in [3.8, 4) is 0 Å². The molecule has 4 rings (SSSR count). The SMILES string of the molecule is O=S(=O)(O)c1cc(N=Nc2nc(Cl)nc(Cl)n2)c2cc(NNc3ccccc3)c(S(=O)(=O)O)cc2c1. The average molecular weight is 570 g/mol. The second kappa shape index (κ2) is 9.88. The van der Waals surface area contributed by atoms with Crippen molar-refractivity contribution in [3.05, 3.63) is 65.2 Å². The van der Waals surface area contributed by atoms with E-state index in [1.54, 1.807) is 30.3 Å². The first-order chi connectivity index (χ1) is 16.9. The molecule has 13 nitrogen and oxygen atoms in total. The third-order valence-corrected chi connectivity index (χ3v) is 6.57. The van der Waals surface area contributed by atoms with Crippen LogP contribution in [0.5, 0.6) is 0 Å². The molecule has 36 heavy (non-hydrogen) atoms. The molecular weight excluding hydrogens is 557 g/mol. The molecule has 0 aliphatic rings. The smallest absolute Gasteiger partial charge is 0.296 e. The van der Waals surface area contributed by atoms with Gasteiger partial charge in [-0.3, -0.25) is 14.5 Å². The van der Waals surface area contributed by atoms with Gasteiger partial charge in [-0.25, -0.2) is 0 Å². The van der Waals surface area contributed by atoms with Gasteiger partial charge in [-0.2, -0.15) is 31.8 Å². The highest BCUT2D eigenvalue weighted by atomic mass is 35.5. The molecule has 0 amide bonds. The Bertz CT molecular complexity index is 1700. The van der Waals surface area contributed by atoms with Gasteiger partial charge in [0.2, 0.25) is 10.6 Å². The van der Waals surface area contributed by atoms with E-state index in [2.05, 4.69) is 36.0 Å². The molecule has 0 aliphatic carbocycles. The molecule has 17 heteroatoms. The van der Waals surface area contributed by atoms with E-state index >= 15 is 0 Å². The maximum atomic E-state index is 12.1. The van der Waals surface area contributed by atoms with Crippen molar-refractivity contribution in [3.63, 3.8) is 0 Å². The third kappa shape index (κ3) is 6.01. The molecule has 186 valence electrons. The van der Waals surface area contributed by atoms with Gasteiger partial charge in [-0.15, -0.1) is 10.2 Å². The fourth-order valence-corrected chi connectivity index (χ4v) is 4.56. The number of hydrazine groups is 1. The number of halogens is 2. The minimum Gasteiger partial charge on any atom is -0.301 e. The molecule has 3 aromatic carbocycles. The third-order valence-electron chi connectivity index (χ3n) is 4.51. The van der Waals surface area contributed by atoms with Gasteiger partial charge in [0.05, 0.1) is 22.0 Å². The summed E-state index contributed by atoms with van der Waals surface area (Å²) < 4.78 is 67.2. The molecule has 0 radical (unpaired) electrons. The first kappa shape index (κ1) is 25.6. The summed E-state index contributed by atoms with van der Waals surface area (Å²) in [7, 11) is -9.52. The lowest BCUT2D eigenvalue weighted by Gasteiger charge is -2.15. The Morgan fingerprint density at radius 1 is 0.778 bits per heavy atom. The Labute approximate surface area is 213 Å². The van der Waals surface area contributed by atoms with Gasteiger partial charge in [-0.05, 0) is 65.0 Å². The average Bonchev–Trinajstić information content (AvgIpc) is 2.79. The molecule has 1 aromatic heterocycles. The number of rotatable bonds is 7. The summed E-state index contributed by atoms with van der Waals surface area (Å²) in [5.41, 5.74) is 5.83. The van der Waals surface area contributed by atoms with Gasteiger partial charge in [0.1, 0.15) is 4.90 Å². The quantitative estimate of drug-likeness (QED) is 0.137. The van der Waals surface area contributed by atoms with Crippen LogP contribution in [0.15, 0.2) is 74.6 Å². The molecule has 0 saturated heterocycles. The summed E-state index contributed by atoms with van der Waals surface area (Å²) in [4.78, 5) is 9.83. The molecule has 0 unspecified atom stereocenters. The van der Waals surface area contributed by atoms with Crippen molar-refractivity contribution in [2.75, 3.05) is 10.9 Å². The number of hydrogen-bond donors (Lipinski definition) is 4. The fraction of sp³-hybridized carbons (Fsp3) is 0. The van der Waals surface area contributed by atoms with E-state index in [-0.39, 0.29) is 38.7 Å². The van der Waals surface area contributed by atoms with Crippen molar-refractivity contribution in [1.29, 1.82) is 0 Å². The predicted molar refractivity (Wildman–Crippen MR) is 131 cm³/mol. The summed E-state index contributed by atoms with van der Waals surface area (Å²) in [6.45, 7) is 0. The molecule has 0 bridgehead atoms. The van der Waals surface area contributed by atoms with E-state index in [0.29, 0.717) is 5.69 Å². The van der Waals surface area contributed by atoms with Gasteiger partial charge in [0.15, 0.2) is 0 Å². The summed E-state index contributed by atoms with van der Waals surface area (Å²) in [6.07, 6.45) is 0. The largest absolute Gasteiger partial charge is 0.301 e. The highest BCUT2D eigenvalue weighted by Crippen LogP contribution is 2.36. The number of azo groups is 1. The van der Waals surface area contributed by atoms with Crippen LogP contribution in [-0.2, 0) is 20.2 Å². The van der Waals surface area contributed by atoms with Crippen LogP contribution in [0.25, 0.3) is 10.8 Å².